The van der Waals surface area contributed by atoms with Crippen molar-refractivity contribution in [2.45, 2.75) is 33.1 Å². The summed E-state index contributed by atoms with van der Waals surface area (Å²) in [6.07, 6.45) is 3.26. The van der Waals surface area contributed by atoms with E-state index in [4.69, 9.17) is 9.26 Å². The number of amides is 1. The average molecular weight is 396 g/mol. The lowest BCUT2D eigenvalue weighted by Crippen LogP contribution is -2.40. The van der Waals surface area contributed by atoms with Gasteiger partial charge in [-0.3, -0.25) is 4.79 Å². The van der Waals surface area contributed by atoms with Gasteiger partial charge in [0.2, 0.25) is 0 Å². The van der Waals surface area contributed by atoms with Gasteiger partial charge in [-0.05, 0) is 19.1 Å². The number of morpholine rings is 1. The molecular weight excluding hydrogens is 372 g/mol. The normalized spacial score (nSPS) is 15.0. The zero-order chi connectivity index (χ0) is 20.6. The Hall–Kier alpha value is -3.07. The Morgan fingerprint density at radius 1 is 1.14 bits per heavy atom. The van der Waals surface area contributed by atoms with Gasteiger partial charge in [0.25, 0.3) is 11.8 Å². The molecule has 4 rings (SSSR count). The van der Waals surface area contributed by atoms with E-state index >= 15 is 0 Å². The van der Waals surface area contributed by atoms with E-state index < -0.39 is 0 Å². The molecule has 1 aliphatic rings. The smallest absolute Gasteiger partial charge is 0.259 e. The number of hydrogen-bond acceptors (Lipinski definition) is 7. The molecule has 9 heteroatoms. The van der Waals surface area contributed by atoms with Crippen LogP contribution in [0.1, 0.15) is 42.6 Å². The van der Waals surface area contributed by atoms with E-state index in [0.717, 1.165) is 11.3 Å². The molecule has 4 heterocycles. The molecule has 0 aliphatic carbocycles. The predicted molar refractivity (Wildman–Crippen MR) is 105 cm³/mol. The second kappa shape index (κ2) is 7.40. The van der Waals surface area contributed by atoms with Crippen molar-refractivity contribution in [1.29, 1.82) is 0 Å². The van der Waals surface area contributed by atoms with Crippen LogP contribution in [0.15, 0.2) is 29.0 Å². The summed E-state index contributed by atoms with van der Waals surface area (Å²) < 4.78 is 12.3. The van der Waals surface area contributed by atoms with Crippen LogP contribution in [0.25, 0.3) is 17.3 Å². The Labute approximate surface area is 168 Å². The summed E-state index contributed by atoms with van der Waals surface area (Å²) in [6, 6.07) is 3.67. The third-order valence-electron chi connectivity index (χ3n) is 4.85. The lowest BCUT2D eigenvalue weighted by molar-refractivity contribution is 0.0302. The quantitative estimate of drug-likeness (QED) is 0.670. The van der Waals surface area contributed by atoms with E-state index in [0.29, 0.717) is 49.4 Å². The summed E-state index contributed by atoms with van der Waals surface area (Å²) in [7, 11) is 0. The number of aromatic nitrogens is 5. The maximum Gasteiger partial charge on any atom is 0.259 e. The topological polar surface area (TPSA) is 99.2 Å². The highest BCUT2D eigenvalue weighted by Gasteiger charge is 2.24. The van der Waals surface area contributed by atoms with Crippen LogP contribution in [0.3, 0.4) is 0 Å². The molecular formula is C20H24N6O3. The highest BCUT2D eigenvalue weighted by Crippen LogP contribution is 2.24. The Morgan fingerprint density at radius 3 is 2.52 bits per heavy atom. The van der Waals surface area contributed by atoms with Crippen molar-refractivity contribution in [3.63, 3.8) is 0 Å². The highest BCUT2D eigenvalue weighted by molar-refractivity contribution is 5.95. The van der Waals surface area contributed by atoms with Gasteiger partial charge in [-0.25, -0.2) is 9.67 Å². The largest absolute Gasteiger partial charge is 0.378 e. The summed E-state index contributed by atoms with van der Waals surface area (Å²) in [5.41, 5.74) is 1.86. The van der Waals surface area contributed by atoms with Crippen LogP contribution >= 0.6 is 0 Å². The molecule has 9 nitrogen and oxygen atoms in total. The van der Waals surface area contributed by atoms with E-state index in [9.17, 15) is 4.79 Å². The summed E-state index contributed by atoms with van der Waals surface area (Å²) in [6.45, 7) is 10.3. The lowest BCUT2D eigenvalue weighted by atomic mass is 9.96. The number of rotatable bonds is 3. The van der Waals surface area contributed by atoms with Gasteiger partial charge in [0, 0.05) is 24.7 Å². The van der Waals surface area contributed by atoms with Gasteiger partial charge < -0.3 is 14.2 Å². The number of hydrogen-bond donors (Lipinski definition) is 0. The van der Waals surface area contributed by atoms with Gasteiger partial charge in [-0.1, -0.05) is 25.9 Å². The fraction of sp³-hybridized carbons (Fsp3) is 0.450. The molecule has 1 fully saturated rings. The fourth-order valence-corrected chi connectivity index (χ4v) is 3.07. The van der Waals surface area contributed by atoms with Crippen LogP contribution in [0.5, 0.6) is 0 Å². The first-order valence-electron chi connectivity index (χ1n) is 9.57. The summed E-state index contributed by atoms with van der Waals surface area (Å²) in [4.78, 5) is 23.5. The van der Waals surface area contributed by atoms with Crippen molar-refractivity contribution in [1.82, 2.24) is 29.8 Å². The fourth-order valence-electron chi connectivity index (χ4n) is 3.07. The molecule has 1 saturated heterocycles. The van der Waals surface area contributed by atoms with Gasteiger partial charge in [-0.15, -0.1) is 0 Å². The maximum absolute atomic E-state index is 12.8. The van der Waals surface area contributed by atoms with Gasteiger partial charge in [0.15, 0.2) is 11.6 Å². The second-order valence-electron chi connectivity index (χ2n) is 8.04. The first-order valence-corrected chi connectivity index (χ1v) is 9.57. The molecule has 3 aromatic heterocycles. The number of carbonyl (C=O) groups is 1. The van der Waals surface area contributed by atoms with Crippen molar-refractivity contribution in [3.05, 3.63) is 41.6 Å². The first-order chi connectivity index (χ1) is 13.8. The lowest BCUT2D eigenvalue weighted by Gasteiger charge is -2.26. The molecule has 0 bridgehead atoms. The molecule has 1 aliphatic heterocycles. The van der Waals surface area contributed by atoms with Crippen molar-refractivity contribution < 1.29 is 14.1 Å². The second-order valence-corrected chi connectivity index (χ2v) is 8.04. The minimum absolute atomic E-state index is 0.0331. The summed E-state index contributed by atoms with van der Waals surface area (Å²) in [5, 5.41) is 8.41. The van der Waals surface area contributed by atoms with Gasteiger partial charge in [0.1, 0.15) is 0 Å². The molecule has 0 aromatic carbocycles. The zero-order valence-electron chi connectivity index (χ0n) is 17.0. The van der Waals surface area contributed by atoms with E-state index in [1.807, 2.05) is 39.8 Å². The Kier molecular flexibility index (Phi) is 4.91. The van der Waals surface area contributed by atoms with Crippen LogP contribution in [0.2, 0.25) is 0 Å². The zero-order valence-corrected chi connectivity index (χ0v) is 17.0. The van der Waals surface area contributed by atoms with Gasteiger partial charge in [0.05, 0.1) is 36.2 Å². The Morgan fingerprint density at radius 2 is 1.90 bits per heavy atom. The molecule has 0 atom stereocenters. The van der Waals surface area contributed by atoms with Crippen LogP contribution < -0.4 is 0 Å². The molecule has 29 heavy (non-hydrogen) atoms. The number of nitrogens with zero attached hydrogens (tertiary/aromatic N) is 6. The van der Waals surface area contributed by atoms with Crippen LogP contribution in [-0.4, -0.2) is 62.0 Å². The molecule has 0 saturated carbocycles. The van der Waals surface area contributed by atoms with E-state index in [1.54, 1.807) is 22.0 Å². The third kappa shape index (κ3) is 3.77. The Balaban J connectivity index is 1.56. The molecule has 152 valence electrons. The summed E-state index contributed by atoms with van der Waals surface area (Å²) >= 11 is 0. The Bertz CT molecular complexity index is 1010. The minimum atomic E-state index is -0.190. The van der Waals surface area contributed by atoms with Crippen molar-refractivity contribution >= 4 is 5.91 Å². The summed E-state index contributed by atoms with van der Waals surface area (Å²) in [5.74, 6) is 1.65. The van der Waals surface area contributed by atoms with Crippen LogP contribution in [0, 0.1) is 6.92 Å². The molecule has 1 amide bonds. The standard InChI is InChI=1S/C20H24N6O3/c1-13-15(18(27)25-7-9-28-10-8-25)12-22-26(13)16-6-5-14(11-21-16)17-23-19(24-29-17)20(2,3)4/h5-6,11-12H,7-10H2,1-4H3. The van der Waals surface area contributed by atoms with Gasteiger partial charge >= 0.3 is 0 Å². The van der Waals surface area contributed by atoms with Crippen LogP contribution in [0.4, 0.5) is 0 Å². The molecule has 0 radical (unpaired) electrons. The SMILES string of the molecule is Cc1c(C(=O)N2CCOCC2)cnn1-c1ccc(-c2nc(C(C)(C)C)no2)cn1. The number of carbonyl (C=O) groups excluding carboxylic acids is 1. The van der Waals surface area contributed by atoms with E-state index in [2.05, 4.69) is 20.2 Å². The van der Waals surface area contributed by atoms with Crippen molar-refractivity contribution in [2.75, 3.05) is 26.3 Å². The van der Waals surface area contributed by atoms with Crippen LogP contribution in [-0.2, 0) is 10.2 Å². The average Bonchev–Trinajstić information content (AvgIpc) is 3.35. The molecule has 0 unspecified atom stereocenters. The monoisotopic (exact) mass is 396 g/mol. The maximum atomic E-state index is 12.8. The van der Waals surface area contributed by atoms with E-state index in [-0.39, 0.29) is 11.3 Å². The molecule has 3 aromatic rings. The third-order valence-corrected chi connectivity index (χ3v) is 4.85. The minimum Gasteiger partial charge on any atom is -0.378 e. The first kappa shape index (κ1) is 19.3. The van der Waals surface area contributed by atoms with Crippen molar-refractivity contribution in [2.24, 2.45) is 0 Å². The van der Waals surface area contributed by atoms with Crippen molar-refractivity contribution in [3.8, 4) is 17.3 Å². The predicted octanol–water partition coefficient (Wildman–Crippen LogP) is 2.40. The molecule has 0 spiro atoms. The van der Waals surface area contributed by atoms with E-state index in [1.165, 1.54) is 0 Å². The number of pyridine rings is 1. The number of ether oxygens (including phenoxy) is 1. The molecule has 0 N–H and O–H groups in total. The highest BCUT2D eigenvalue weighted by atomic mass is 16.5. The van der Waals surface area contributed by atoms with Gasteiger partial charge in [-0.2, -0.15) is 10.1 Å².